The molecule has 2 fully saturated rings. The Bertz CT molecular complexity index is 1130. The first kappa shape index (κ1) is 20.5. The lowest BCUT2D eigenvalue weighted by atomic mass is 9.74. The minimum atomic E-state index is -3.67. The lowest BCUT2D eigenvalue weighted by Crippen LogP contribution is -2.48. The standard InChI is InChI=1S/C24H28N2O4S/c1-4-30-23(27)18-15-21-24(19-7-5-6-8-20(19)25(3)22(18)24)13-14-26(21)31(28,29)17-11-9-16(2)10-12-17/h5-12,18,21-22H,4,13-15H2,1-3H3/t18-,21-,22+,24-/m0/s1. The van der Waals surface area contributed by atoms with E-state index in [4.69, 9.17) is 4.74 Å². The van der Waals surface area contributed by atoms with Crippen molar-refractivity contribution in [3.8, 4) is 0 Å². The molecule has 5 rings (SSSR count). The van der Waals surface area contributed by atoms with E-state index in [1.54, 1.807) is 16.4 Å². The van der Waals surface area contributed by atoms with Gasteiger partial charge in [0, 0.05) is 30.7 Å². The molecule has 2 aromatic carbocycles. The summed E-state index contributed by atoms with van der Waals surface area (Å²) in [7, 11) is -1.65. The topological polar surface area (TPSA) is 66.9 Å². The van der Waals surface area contributed by atoms with Crippen LogP contribution in [0.1, 0.15) is 30.9 Å². The van der Waals surface area contributed by atoms with Gasteiger partial charge in [-0.3, -0.25) is 4.79 Å². The van der Waals surface area contributed by atoms with Gasteiger partial charge in [0.1, 0.15) is 0 Å². The maximum Gasteiger partial charge on any atom is 0.311 e. The number of hydrogen-bond acceptors (Lipinski definition) is 5. The zero-order chi connectivity index (χ0) is 22.0. The average Bonchev–Trinajstić information content (AvgIpc) is 3.36. The fraction of sp³-hybridized carbons (Fsp3) is 0.458. The van der Waals surface area contributed by atoms with Crippen LogP contribution >= 0.6 is 0 Å². The van der Waals surface area contributed by atoms with Crippen LogP contribution in [0.25, 0.3) is 0 Å². The van der Waals surface area contributed by atoms with Crippen LogP contribution in [0.3, 0.4) is 0 Å². The van der Waals surface area contributed by atoms with E-state index < -0.39 is 15.4 Å². The Labute approximate surface area is 183 Å². The predicted molar refractivity (Wildman–Crippen MR) is 119 cm³/mol. The Morgan fingerprint density at radius 1 is 1.16 bits per heavy atom. The Kier molecular flexibility index (Phi) is 4.68. The molecule has 0 amide bonds. The Balaban J connectivity index is 1.62. The second-order valence-corrected chi connectivity index (χ2v) is 10.8. The molecule has 4 atom stereocenters. The van der Waals surface area contributed by atoms with Crippen LogP contribution in [0.4, 0.5) is 5.69 Å². The van der Waals surface area contributed by atoms with Crippen molar-refractivity contribution < 1.29 is 17.9 Å². The number of nitrogens with zero attached hydrogens (tertiary/aromatic N) is 2. The van der Waals surface area contributed by atoms with Crippen LogP contribution in [0.5, 0.6) is 0 Å². The van der Waals surface area contributed by atoms with Crippen molar-refractivity contribution in [3.63, 3.8) is 0 Å². The highest BCUT2D eigenvalue weighted by Gasteiger charge is 2.69. The molecule has 2 aliphatic heterocycles. The summed E-state index contributed by atoms with van der Waals surface area (Å²) in [5.41, 5.74) is 2.86. The molecule has 7 heteroatoms. The summed E-state index contributed by atoms with van der Waals surface area (Å²) in [6.45, 7) is 4.53. The second kappa shape index (κ2) is 7.07. The number of para-hydroxylation sites is 1. The molecule has 6 nitrogen and oxygen atoms in total. The summed E-state index contributed by atoms with van der Waals surface area (Å²) in [5.74, 6) is -0.591. The molecular formula is C24H28N2O4S. The summed E-state index contributed by atoms with van der Waals surface area (Å²) in [4.78, 5) is 15.4. The van der Waals surface area contributed by atoms with Crippen LogP contribution in [0, 0.1) is 12.8 Å². The SMILES string of the molecule is CCOC(=O)[C@H]1C[C@@H]2N(S(=O)(=O)c3ccc(C)cc3)CC[C@]23c2ccccc2N(C)[C@H]13. The van der Waals surface area contributed by atoms with Crippen molar-refractivity contribution in [1.82, 2.24) is 4.31 Å². The molecule has 0 N–H and O–H groups in total. The van der Waals surface area contributed by atoms with Gasteiger partial charge in [-0.25, -0.2) is 8.42 Å². The summed E-state index contributed by atoms with van der Waals surface area (Å²) < 4.78 is 34.4. The highest BCUT2D eigenvalue weighted by molar-refractivity contribution is 7.89. The maximum atomic E-state index is 13.7. The summed E-state index contributed by atoms with van der Waals surface area (Å²) in [6.07, 6.45) is 1.18. The molecule has 2 aromatic rings. The Hall–Kier alpha value is -2.38. The number of likely N-dealkylation sites (N-methyl/N-ethyl adjacent to an activating group) is 1. The summed E-state index contributed by atoms with van der Waals surface area (Å²) >= 11 is 0. The largest absolute Gasteiger partial charge is 0.466 e. The first-order valence-corrected chi connectivity index (χ1v) is 12.3. The fourth-order valence-corrected chi connectivity index (χ4v) is 7.99. The summed E-state index contributed by atoms with van der Waals surface area (Å²) in [5, 5.41) is 0. The van der Waals surface area contributed by atoms with Crippen LogP contribution in [-0.4, -0.2) is 51.0 Å². The van der Waals surface area contributed by atoms with Gasteiger partial charge in [-0.1, -0.05) is 35.9 Å². The summed E-state index contributed by atoms with van der Waals surface area (Å²) in [6, 6.07) is 14.8. The van der Waals surface area contributed by atoms with Crippen molar-refractivity contribution in [2.75, 3.05) is 25.1 Å². The van der Waals surface area contributed by atoms with Crippen molar-refractivity contribution >= 4 is 21.7 Å². The third-order valence-electron chi connectivity index (χ3n) is 7.49. The molecule has 0 radical (unpaired) electrons. The molecule has 0 bridgehead atoms. The Morgan fingerprint density at radius 3 is 2.58 bits per heavy atom. The molecule has 164 valence electrons. The second-order valence-electron chi connectivity index (χ2n) is 8.90. The van der Waals surface area contributed by atoms with E-state index in [0.29, 0.717) is 30.9 Å². The van der Waals surface area contributed by atoms with Crippen molar-refractivity contribution in [2.45, 2.75) is 49.1 Å². The third kappa shape index (κ3) is 2.72. The van der Waals surface area contributed by atoms with Crippen LogP contribution < -0.4 is 4.90 Å². The molecule has 0 aromatic heterocycles. The molecular weight excluding hydrogens is 412 g/mol. The number of anilines is 1. The smallest absolute Gasteiger partial charge is 0.311 e. The molecule has 2 heterocycles. The Morgan fingerprint density at radius 2 is 1.87 bits per heavy atom. The van der Waals surface area contributed by atoms with E-state index in [-0.39, 0.29) is 24.0 Å². The van der Waals surface area contributed by atoms with Gasteiger partial charge in [0.05, 0.1) is 23.5 Å². The van der Waals surface area contributed by atoms with E-state index >= 15 is 0 Å². The first-order valence-electron chi connectivity index (χ1n) is 10.9. The number of hydrogen-bond donors (Lipinski definition) is 0. The van der Waals surface area contributed by atoms with Crippen molar-refractivity contribution in [3.05, 3.63) is 59.7 Å². The molecule has 1 saturated carbocycles. The van der Waals surface area contributed by atoms with Gasteiger partial charge in [-0.2, -0.15) is 4.31 Å². The number of sulfonamides is 1. The van der Waals surface area contributed by atoms with E-state index in [0.717, 1.165) is 16.8 Å². The quantitative estimate of drug-likeness (QED) is 0.684. The van der Waals surface area contributed by atoms with Crippen molar-refractivity contribution in [2.24, 2.45) is 5.92 Å². The zero-order valence-electron chi connectivity index (χ0n) is 18.1. The van der Waals surface area contributed by atoms with Crippen LogP contribution in [0.2, 0.25) is 0 Å². The first-order chi connectivity index (χ1) is 14.8. The van der Waals surface area contributed by atoms with Crippen molar-refractivity contribution in [1.29, 1.82) is 0 Å². The van der Waals surface area contributed by atoms with Gasteiger partial charge >= 0.3 is 5.97 Å². The number of benzene rings is 2. The number of rotatable bonds is 4. The molecule has 1 spiro atoms. The number of esters is 1. The van der Waals surface area contributed by atoms with Gasteiger partial charge in [0.25, 0.3) is 0 Å². The molecule has 0 unspecified atom stereocenters. The fourth-order valence-electron chi connectivity index (χ4n) is 6.30. The van der Waals surface area contributed by atoms with E-state index in [1.807, 2.05) is 45.2 Å². The highest BCUT2D eigenvalue weighted by atomic mass is 32.2. The lowest BCUT2D eigenvalue weighted by Gasteiger charge is -2.34. The van der Waals surface area contributed by atoms with Gasteiger partial charge < -0.3 is 9.64 Å². The predicted octanol–water partition coefficient (Wildman–Crippen LogP) is 3.10. The van der Waals surface area contributed by atoms with Gasteiger partial charge in [0.2, 0.25) is 10.0 Å². The normalized spacial score (nSPS) is 29.5. The van der Waals surface area contributed by atoms with E-state index in [2.05, 4.69) is 17.0 Å². The molecule has 1 saturated heterocycles. The maximum absolute atomic E-state index is 13.7. The third-order valence-corrected chi connectivity index (χ3v) is 9.42. The number of carbonyl (C=O) groups is 1. The zero-order valence-corrected chi connectivity index (χ0v) is 18.9. The minimum Gasteiger partial charge on any atom is -0.466 e. The molecule has 3 aliphatic rings. The minimum absolute atomic E-state index is 0.104. The van der Waals surface area contributed by atoms with E-state index in [1.165, 1.54) is 0 Å². The highest BCUT2D eigenvalue weighted by Crippen LogP contribution is 2.61. The number of carbonyl (C=O) groups excluding carboxylic acids is 1. The molecule has 1 aliphatic carbocycles. The lowest BCUT2D eigenvalue weighted by molar-refractivity contribution is -0.148. The van der Waals surface area contributed by atoms with Gasteiger partial charge in [-0.05, 0) is 50.5 Å². The number of ether oxygens (including phenoxy) is 1. The number of fused-ring (bicyclic) bond motifs is 1. The molecule has 31 heavy (non-hydrogen) atoms. The van der Waals surface area contributed by atoms with Gasteiger partial charge in [-0.15, -0.1) is 0 Å². The van der Waals surface area contributed by atoms with E-state index in [9.17, 15) is 13.2 Å². The van der Waals surface area contributed by atoms with Crippen LogP contribution in [-0.2, 0) is 25.0 Å². The average molecular weight is 441 g/mol. The monoisotopic (exact) mass is 440 g/mol. The van der Waals surface area contributed by atoms with Crippen LogP contribution in [0.15, 0.2) is 53.4 Å². The number of aryl methyl sites for hydroxylation is 1. The van der Waals surface area contributed by atoms with Gasteiger partial charge in [0.15, 0.2) is 0 Å².